The number of hydrogen-bond donors (Lipinski definition) is 1. The van der Waals surface area contributed by atoms with Gasteiger partial charge in [-0.2, -0.15) is 0 Å². The average Bonchev–Trinajstić information content (AvgIpc) is 3.44. The van der Waals surface area contributed by atoms with Crippen LogP contribution >= 0.6 is 27.7 Å². The highest BCUT2D eigenvalue weighted by molar-refractivity contribution is 9.10. The van der Waals surface area contributed by atoms with Crippen molar-refractivity contribution in [2.45, 2.75) is 11.3 Å². The summed E-state index contributed by atoms with van der Waals surface area (Å²) >= 11 is 4.65. The fourth-order valence-electron chi connectivity index (χ4n) is 2.76. The zero-order valence-corrected chi connectivity index (χ0v) is 17.5. The number of nitrogens with zero attached hydrogens (tertiary/aromatic N) is 2. The molecule has 1 atom stereocenters. The van der Waals surface area contributed by atoms with Crippen LogP contribution < -0.4 is 5.32 Å². The maximum atomic E-state index is 12.6. The Morgan fingerprint density at radius 2 is 1.83 bits per heavy atom. The molecule has 2 aromatic carbocycles. The summed E-state index contributed by atoms with van der Waals surface area (Å²) in [5.41, 5.74) is 1.74. The van der Waals surface area contributed by atoms with E-state index in [-0.39, 0.29) is 17.7 Å². The van der Waals surface area contributed by atoms with E-state index in [1.165, 1.54) is 11.8 Å². The van der Waals surface area contributed by atoms with E-state index in [4.69, 9.17) is 8.83 Å². The molecule has 0 saturated carbocycles. The topological polar surface area (TPSA) is 81.2 Å². The number of carbonyl (C=O) groups excluding carboxylic acids is 1. The molecule has 0 radical (unpaired) electrons. The summed E-state index contributed by atoms with van der Waals surface area (Å²) < 4.78 is 12.0. The Labute approximate surface area is 179 Å². The highest BCUT2D eigenvalue weighted by Crippen LogP contribution is 2.29. The van der Waals surface area contributed by atoms with Crippen LogP contribution in [0.3, 0.4) is 0 Å². The molecule has 8 heteroatoms. The van der Waals surface area contributed by atoms with Crippen LogP contribution in [0.1, 0.15) is 17.4 Å². The van der Waals surface area contributed by atoms with Gasteiger partial charge in [0.2, 0.25) is 11.8 Å². The molecule has 0 fully saturated rings. The Morgan fingerprint density at radius 1 is 1.03 bits per heavy atom. The Morgan fingerprint density at radius 3 is 2.59 bits per heavy atom. The van der Waals surface area contributed by atoms with E-state index in [9.17, 15) is 4.79 Å². The van der Waals surface area contributed by atoms with Crippen LogP contribution in [0.5, 0.6) is 0 Å². The van der Waals surface area contributed by atoms with E-state index in [0.29, 0.717) is 16.9 Å². The molecule has 6 nitrogen and oxygen atoms in total. The third-order valence-corrected chi connectivity index (χ3v) is 5.61. The Kier molecular flexibility index (Phi) is 6.12. The van der Waals surface area contributed by atoms with Crippen molar-refractivity contribution in [2.24, 2.45) is 0 Å². The van der Waals surface area contributed by atoms with Gasteiger partial charge in [-0.1, -0.05) is 54.2 Å². The van der Waals surface area contributed by atoms with Crippen molar-refractivity contribution in [1.82, 2.24) is 15.5 Å². The van der Waals surface area contributed by atoms with Crippen LogP contribution in [0.2, 0.25) is 0 Å². The van der Waals surface area contributed by atoms with Crippen molar-refractivity contribution in [3.63, 3.8) is 0 Å². The minimum Gasteiger partial charge on any atom is -0.467 e. The van der Waals surface area contributed by atoms with Crippen molar-refractivity contribution in [3.8, 4) is 11.5 Å². The lowest BCUT2D eigenvalue weighted by molar-refractivity contribution is -0.119. The van der Waals surface area contributed by atoms with Crippen LogP contribution in [-0.2, 0) is 4.79 Å². The number of benzene rings is 2. The average molecular weight is 470 g/mol. The van der Waals surface area contributed by atoms with Gasteiger partial charge in [-0.25, -0.2) is 0 Å². The van der Waals surface area contributed by atoms with E-state index >= 15 is 0 Å². The largest absolute Gasteiger partial charge is 0.467 e. The van der Waals surface area contributed by atoms with E-state index < -0.39 is 0 Å². The van der Waals surface area contributed by atoms with Crippen LogP contribution in [0.25, 0.3) is 11.5 Å². The number of rotatable bonds is 7. The van der Waals surface area contributed by atoms with E-state index in [1.54, 1.807) is 12.3 Å². The van der Waals surface area contributed by atoms with Gasteiger partial charge >= 0.3 is 0 Å². The van der Waals surface area contributed by atoms with Crippen LogP contribution in [0.15, 0.2) is 91.5 Å². The molecule has 0 aliphatic heterocycles. The highest BCUT2D eigenvalue weighted by Gasteiger charge is 2.20. The van der Waals surface area contributed by atoms with E-state index in [2.05, 4.69) is 31.4 Å². The predicted octanol–water partition coefficient (Wildman–Crippen LogP) is 5.09. The molecule has 0 bridgehead atoms. The summed E-state index contributed by atoms with van der Waals surface area (Å²) in [4.78, 5) is 12.6. The summed E-state index contributed by atoms with van der Waals surface area (Å²) in [6.45, 7) is 0. The first kappa shape index (κ1) is 19.5. The third-order valence-electron chi connectivity index (χ3n) is 4.10. The van der Waals surface area contributed by atoms with Gasteiger partial charge in [-0.15, -0.1) is 10.2 Å². The van der Waals surface area contributed by atoms with Crippen molar-refractivity contribution >= 4 is 33.6 Å². The lowest BCUT2D eigenvalue weighted by Gasteiger charge is -2.16. The van der Waals surface area contributed by atoms with Gasteiger partial charge in [0.1, 0.15) is 11.8 Å². The molecule has 0 spiro atoms. The third kappa shape index (κ3) is 4.78. The number of amides is 1. The van der Waals surface area contributed by atoms with Crippen LogP contribution in [-0.4, -0.2) is 21.9 Å². The van der Waals surface area contributed by atoms with Crippen LogP contribution in [0.4, 0.5) is 0 Å². The highest BCUT2D eigenvalue weighted by atomic mass is 79.9. The van der Waals surface area contributed by atoms with Gasteiger partial charge in [-0.05, 0) is 45.8 Å². The molecule has 0 aliphatic carbocycles. The lowest BCUT2D eigenvalue weighted by atomic mass is 10.0. The molecule has 1 N–H and O–H groups in total. The first-order chi connectivity index (χ1) is 14.2. The van der Waals surface area contributed by atoms with Gasteiger partial charge in [0.15, 0.2) is 0 Å². The Balaban J connectivity index is 1.41. The summed E-state index contributed by atoms with van der Waals surface area (Å²) in [7, 11) is 0. The molecule has 1 amide bonds. The number of hydrogen-bond acceptors (Lipinski definition) is 6. The summed E-state index contributed by atoms with van der Waals surface area (Å²) in [5.74, 6) is 1.05. The smallest absolute Gasteiger partial charge is 0.277 e. The number of aromatic nitrogens is 2. The number of nitrogens with one attached hydrogen (secondary N) is 1. The Bertz CT molecular complexity index is 1080. The first-order valence-corrected chi connectivity index (χ1v) is 10.6. The molecular weight excluding hydrogens is 454 g/mol. The fourth-order valence-corrected chi connectivity index (χ4v) is 3.79. The minimum absolute atomic E-state index is 0.141. The Hall–Kier alpha value is -2.84. The standard InChI is InChI=1S/C21H16BrN3O3S/c22-16-10-5-4-9-15(16)20-24-25-21(28-20)29-13-18(26)23-19(17-11-6-12-27-17)14-7-2-1-3-8-14/h1-12,19H,13H2,(H,23,26). The van der Waals surface area contributed by atoms with Gasteiger partial charge in [0, 0.05) is 4.47 Å². The summed E-state index contributed by atoms with van der Waals surface area (Å²) in [6.07, 6.45) is 1.59. The lowest BCUT2D eigenvalue weighted by Crippen LogP contribution is -2.30. The second kappa shape index (κ2) is 9.11. The van der Waals surface area contributed by atoms with Crippen molar-refractivity contribution < 1.29 is 13.6 Å². The first-order valence-electron chi connectivity index (χ1n) is 8.79. The molecule has 4 rings (SSSR count). The molecule has 146 valence electrons. The van der Waals surface area contributed by atoms with Gasteiger partial charge in [0.25, 0.3) is 5.22 Å². The quantitative estimate of drug-likeness (QED) is 0.379. The van der Waals surface area contributed by atoms with Crippen LogP contribution in [0, 0.1) is 0 Å². The van der Waals surface area contributed by atoms with Gasteiger partial charge in [-0.3, -0.25) is 4.79 Å². The molecule has 2 aromatic heterocycles. The SMILES string of the molecule is O=C(CSc1nnc(-c2ccccc2Br)o1)NC(c1ccccc1)c1ccco1. The number of thioether (sulfide) groups is 1. The maximum Gasteiger partial charge on any atom is 0.277 e. The molecular formula is C21H16BrN3O3S. The molecule has 0 saturated heterocycles. The summed E-state index contributed by atoms with van der Waals surface area (Å²) in [5, 5.41) is 11.4. The fraction of sp³-hybridized carbons (Fsp3) is 0.0952. The molecule has 1 unspecified atom stereocenters. The zero-order chi connectivity index (χ0) is 20.1. The second-order valence-electron chi connectivity index (χ2n) is 6.07. The van der Waals surface area contributed by atoms with Crippen molar-refractivity contribution in [2.75, 3.05) is 5.75 Å². The zero-order valence-electron chi connectivity index (χ0n) is 15.1. The van der Waals surface area contributed by atoms with Gasteiger partial charge in [0.05, 0.1) is 17.6 Å². The molecule has 4 aromatic rings. The van der Waals surface area contributed by atoms with Crippen molar-refractivity contribution in [3.05, 3.63) is 88.8 Å². The van der Waals surface area contributed by atoms with Crippen molar-refractivity contribution in [1.29, 1.82) is 0 Å². The maximum absolute atomic E-state index is 12.6. The number of furan rings is 1. The van der Waals surface area contributed by atoms with E-state index in [0.717, 1.165) is 15.6 Å². The normalized spacial score (nSPS) is 11.9. The minimum atomic E-state index is -0.363. The van der Waals surface area contributed by atoms with Gasteiger partial charge < -0.3 is 14.2 Å². The number of halogens is 1. The predicted molar refractivity (Wildman–Crippen MR) is 113 cm³/mol. The molecule has 2 heterocycles. The monoisotopic (exact) mass is 469 g/mol. The molecule has 0 aliphatic rings. The molecule has 29 heavy (non-hydrogen) atoms. The van der Waals surface area contributed by atoms with E-state index in [1.807, 2.05) is 60.7 Å². The summed E-state index contributed by atoms with van der Waals surface area (Å²) in [6, 6.07) is 20.5. The second-order valence-corrected chi connectivity index (χ2v) is 7.85. The number of carbonyl (C=O) groups is 1.